The number of halogens is 2. The van der Waals surface area contributed by atoms with Crippen molar-refractivity contribution in [3.63, 3.8) is 0 Å². The van der Waals surface area contributed by atoms with Crippen molar-refractivity contribution in [2.75, 3.05) is 18.0 Å². The van der Waals surface area contributed by atoms with Crippen LogP contribution in [0.1, 0.15) is 44.6 Å². The second-order valence-electron chi connectivity index (χ2n) is 10.3. The number of nitrogens with zero attached hydrogens (tertiary/aromatic N) is 2. The van der Waals surface area contributed by atoms with Crippen LogP contribution in [0.5, 0.6) is 5.75 Å². The van der Waals surface area contributed by atoms with Crippen LogP contribution < -0.4 is 14.4 Å². The summed E-state index contributed by atoms with van der Waals surface area (Å²) in [6, 6.07) is 19.1. The normalized spacial score (nSPS) is 14.6. The molecule has 4 rings (SSSR count). The minimum absolute atomic E-state index is 0.0206. The number of anilines is 1. The Morgan fingerprint density at radius 2 is 1.69 bits per heavy atom. The summed E-state index contributed by atoms with van der Waals surface area (Å²) in [6.45, 7) is 1.25. The number of nitrogens with one attached hydrogen (secondary N) is 1. The van der Waals surface area contributed by atoms with E-state index >= 15 is 0 Å². The standard InChI is InChI=1S/C31H35BrClN3O5S/c1-22(31(38)34-25-9-5-3-6-10-25)35(20-23-13-15-24(32)16-14-23)30(37)21-36(26-17-18-29(41-2)28(33)19-26)42(39,40)27-11-7-4-8-12-27/h4,7-8,11-19,22,25H,3,5-6,9-10,20-21H2,1-2H3,(H,34,38)/t22-/m0/s1. The molecule has 1 saturated carbocycles. The monoisotopic (exact) mass is 675 g/mol. The number of amides is 2. The van der Waals surface area contributed by atoms with Crippen molar-refractivity contribution in [2.45, 2.75) is 62.6 Å². The molecule has 0 bridgehead atoms. The lowest BCUT2D eigenvalue weighted by Gasteiger charge is -2.33. The molecule has 1 aliphatic carbocycles. The molecule has 11 heteroatoms. The third kappa shape index (κ3) is 7.85. The molecule has 224 valence electrons. The molecule has 8 nitrogen and oxygen atoms in total. The van der Waals surface area contributed by atoms with Crippen molar-refractivity contribution in [1.29, 1.82) is 0 Å². The number of carbonyl (C=O) groups excluding carboxylic acids is 2. The van der Waals surface area contributed by atoms with Crippen molar-refractivity contribution in [3.05, 3.63) is 87.9 Å². The van der Waals surface area contributed by atoms with Gasteiger partial charge in [0, 0.05) is 17.1 Å². The average Bonchev–Trinajstić information content (AvgIpc) is 3.00. The van der Waals surface area contributed by atoms with Gasteiger partial charge in [0.25, 0.3) is 10.0 Å². The van der Waals surface area contributed by atoms with Crippen molar-refractivity contribution in [1.82, 2.24) is 10.2 Å². The lowest BCUT2D eigenvalue weighted by atomic mass is 9.95. The van der Waals surface area contributed by atoms with Crippen molar-refractivity contribution in [2.24, 2.45) is 0 Å². The fraction of sp³-hybridized carbons (Fsp3) is 0.355. The highest BCUT2D eigenvalue weighted by Crippen LogP contribution is 2.32. The summed E-state index contributed by atoms with van der Waals surface area (Å²) in [6.07, 6.45) is 5.06. The van der Waals surface area contributed by atoms with Gasteiger partial charge in [-0.2, -0.15) is 0 Å². The molecular formula is C31H35BrClN3O5S. The maximum Gasteiger partial charge on any atom is 0.264 e. The highest BCUT2D eigenvalue weighted by atomic mass is 79.9. The van der Waals surface area contributed by atoms with Gasteiger partial charge < -0.3 is 15.0 Å². The summed E-state index contributed by atoms with van der Waals surface area (Å²) in [4.78, 5) is 29.0. The number of ether oxygens (including phenoxy) is 1. The zero-order chi connectivity index (χ0) is 30.3. The largest absolute Gasteiger partial charge is 0.495 e. The Bertz CT molecular complexity index is 1480. The highest BCUT2D eigenvalue weighted by Gasteiger charge is 2.33. The summed E-state index contributed by atoms with van der Waals surface area (Å²) in [5.74, 6) is -0.429. The first-order valence-electron chi connectivity index (χ1n) is 13.9. The van der Waals surface area contributed by atoms with E-state index in [4.69, 9.17) is 16.3 Å². The SMILES string of the molecule is COc1ccc(N(CC(=O)N(Cc2ccc(Br)cc2)[C@@H](C)C(=O)NC2CCCCC2)S(=O)(=O)c2ccccc2)cc1Cl. The van der Waals surface area contributed by atoms with Gasteiger partial charge in [0.05, 0.1) is 22.7 Å². The number of sulfonamides is 1. The molecule has 0 aromatic heterocycles. The molecule has 0 radical (unpaired) electrons. The van der Waals surface area contributed by atoms with E-state index in [0.717, 1.165) is 46.4 Å². The number of rotatable bonds is 11. The third-order valence-electron chi connectivity index (χ3n) is 7.42. The van der Waals surface area contributed by atoms with E-state index in [1.807, 2.05) is 24.3 Å². The number of hydrogen-bond acceptors (Lipinski definition) is 5. The van der Waals surface area contributed by atoms with Crippen LogP contribution in [0, 0.1) is 0 Å². The van der Waals surface area contributed by atoms with Crippen molar-refractivity contribution in [3.8, 4) is 5.75 Å². The predicted molar refractivity (Wildman–Crippen MR) is 168 cm³/mol. The van der Waals surface area contributed by atoms with E-state index in [2.05, 4.69) is 21.2 Å². The maximum absolute atomic E-state index is 14.1. The summed E-state index contributed by atoms with van der Waals surface area (Å²) in [7, 11) is -2.73. The van der Waals surface area contributed by atoms with Gasteiger partial charge in [-0.1, -0.05) is 77.1 Å². The van der Waals surface area contributed by atoms with E-state index in [1.54, 1.807) is 31.2 Å². The molecule has 3 aromatic rings. The second-order valence-corrected chi connectivity index (χ2v) is 13.5. The van der Waals surface area contributed by atoms with Gasteiger partial charge in [-0.25, -0.2) is 8.42 Å². The second kappa shape index (κ2) is 14.4. The molecule has 3 aromatic carbocycles. The van der Waals surface area contributed by atoms with Crippen LogP contribution in [0.4, 0.5) is 5.69 Å². The van der Waals surface area contributed by atoms with Crippen LogP contribution in [0.3, 0.4) is 0 Å². The average molecular weight is 677 g/mol. The van der Waals surface area contributed by atoms with E-state index in [9.17, 15) is 18.0 Å². The zero-order valence-electron chi connectivity index (χ0n) is 23.6. The minimum atomic E-state index is -4.19. The molecule has 1 N–H and O–H groups in total. The molecule has 0 aliphatic heterocycles. The van der Waals surface area contributed by atoms with Crippen LogP contribution in [-0.2, 0) is 26.2 Å². The Labute approximate surface area is 261 Å². The molecule has 1 atom stereocenters. The van der Waals surface area contributed by atoms with Crippen LogP contribution in [0.15, 0.2) is 82.2 Å². The first-order valence-corrected chi connectivity index (χ1v) is 16.5. The number of methoxy groups -OCH3 is 1. The highest BCUT2D eigenvalue weighted by molar-refractivity contribution is 9.10. The van der Waals surface area contributed by atoms with Crippen molar-refractivity contribution >= 4 is 55.1 Å². The lowest BCUT2D eigenvalue weighted by Crippen LogP contribution is -2.53. The fourth-order valence-electron chi connectivity index (χ4n) is 5.00. The summed E-state index contributed by atoms with van der Waals surface area (Å²) < 4.78 is 35.0. The summed E-state index contributed by atoms with van der Waals surface area (Å²) in [5.41, 5.74) is 0.995. The Morgan fingerprint density at radius 3 is 2.31 bits per heavy atom. The fourth-order valence-corrected chi connectivity index (χ4v) is 6.94. The van der Waals surface area contributed by atoms with Gasteiger partial charge in [0.15, 0.2) is 0 Å². The van der Waals surface area contributed by atoms with E-state index in [1.165, 1.54) is 36.3 Å². The van der Waals surface area contributed by atoms with E-state index in [-0.39, 0.29) is 34.1 Å². The Kier molecular flexibility index (Phi) is 10.9. The molecule has 2 amide bonds. The van der Waals surface area contributed by atoms with Crippen LogP contribution in [0.2, 0.25) is 5.02 Å². The van der Waals surface area contributed by atoms with Gasteiger partial charge in [0.2, 0.25) is 11.8 Å². The molecular weight excluding hydrogens is 642 g/mol. The molecule has 42 heavy (non-hydrogen) atoms. The van der Waals surface area contributed by atoms with Crippen LogP contribution in [0.25, 0.3) is 0 Å². The molecule has 0 spiro atoms. The summed E-state index contributed by atoms with van der Waals surface area (Å²) >= 11 is 9.80. The minimum Gasteiger partial charge on any atom is -0.495 e. The zero-order valence-corrected chi connectivity index (χ0v) is 26.8. The van der Waals surface area contributed by atoms with Gasteiger partial charge >= 0.3 is 0 Å². The van der Waals surface area contributed by atoms with E-state index < -0.39 is 28.5 Å². The van der Waals surface area contributed by atoms with Gasteiger partial charge in [-0.05, 0) is 67.8 Å². The molecule has 0 saturated heterocycles. The first kappa shape index (κ1) is 31.8. The molecule has 1 aliphatic rings. The van der Waals surface area contributed by atoms with Crippen LogP contribution >= 0.6 is 27.5 Å². The third-order valence-corrected chi connectivity index (χ3v) is 10.0. The van der Waals surface area contributed by atoms with Crippen molar-refractivity contribution < 1.29 is 22.7 Å². The number of benzene rings is 3. The first-order chi connectivity index (χ1) is 20.1. The smallest absolute Gasteiger partial charge is 0.264 e. The topological polar surface area (TPSA) is 96.0 Å². The molecule has 1 fully saturated rings. The number of carbonyl (C=O) groups is 2. The number of hydrogen-bond donors (Lipinski definition) is 1. The van der Waals surface area contributed by atoms with Gasteiger partial charge in [0.1, 0.15) is 18.3 Å². The molecule has 0 unspecified atom stereocenters. The Balaban J connectivity index is 1.69. The molecule has 0 heterocycles. The Morgan fingerprint density at radius 1 is 1.02 bits per heavy atom. The van der Waals surface area contributed by atoms with Gasteiger partial charge in [-0.15, -0.1) is 0 Å². The van der Waals surface area contributed by atoms with E-state index in [0.29, 0.717) is 5.75 Å². The quantitative estimate of drug-likeness (QED) is 0.262. The maximum atomic E-state index is 14.1. The summed E-state index contributed by atoms with van der Waals surface area (Å²) in [5, 5.41) is 3.30. The van der Waals surface area contributed by atoms with Gasteiger partial charge in [-0.3, -0.25) is 13.9 Å². The lowest BCUT2D eigenvalue weighted by molar-refractivity contribution is -0.139. The Hall–Kier alpha value is -3.08. The van der Waals surface area contributed by atoms with Crippen LogP contribution in [-0.4, -0.2) is 50.9 Å². The predicted octanol–water partition coefficient (Wildman–Crippen LogP) is 6.17.